The summed E-state index contributed by atoms with van der Waals surface area (Å²) < 4.78 is 5.51. The van der Waals surface area contributed by atoms with Crippen molar-refractivity contribution in [1.29, 1.82) is 0 Å². The third kappa shape index (κ3) is 3.91. The van der Waals surface area contributed by atoms with E-state index in [9.17, 15) is 9.59 Å². The van der Waals surface area contributed by atoms with Crippen molar-refractivity contribution >= 4 is 11.8 Å². The molecule has 1 atom stereocenters. The summed E-state index contributed by atoms with van der Waals surface area (Å²) in [5.74, 6) is 0.184. The fourth-order valence-corrected chi connectivity index (χ4v) is 4.34. The van der Waals surface area contributed by atoms with Crippen molar-refractivity contribution in [2.45, 2.75) is 32.1 Å². The molecule has 24 heavy (non-hydrogen) atoms. The number of ether oxygens (including phenoxy) is 1. The van der Waals surface area contributed by atoms with Crippen molar-refractivity contribution in [3.63, 3.8) is 0 Å². The zero-order chi connectivity index (χ0) is 17.2. The minimum absolute atomic E-state index is 0.132. The van der Waals surface area contributed by atoms with Gasteiger partial charge in [-0.05, 0) is 45.2 Å². The highest BCUT2D eigenvalue weighted by molar-refractivity contribution is 5.89. The van der Waals surface area contributed by atoms with Crippen molar-refractivity contribution in [3.8, 4) is 0 Å². The summed E-state index contributed by atoms with van der Waals surface area (Å²) in [7, 11) is 4.01. The van der Waals surface area contributed by atoms with Crippen LogP contribution in [0.2, 0.25) is 0 Å². The number of likely N-dealkylation sites (tertiary alicyclic amines) is 2. The first kappa shape index (κ1) is 17.7. The van der Waals surface area contributed by atoms with Crippen LogP contribution in [-0.2, 0) is 14.3 Å². The van der Waals surface area contributed by atoms with Crippen LogP contribution in [0.15, 0.2) is 0 Å². The van der Waals surface area contributed by atoms with Crippen LogP contribution < -0.4 is 0 Å². The summed E-state index contributed by atoms with van der Waals surface area (Å²) >= 11 is 0. The van der Waals surface area contributed by atoms with E-state index in [1.807, 2.05) is 23.9 Å². The summed E-state index contributed by atoms with van der Waals surface area (Å²) in [5, 5.41) is 0. The van der Waals surface area contributed by atoms with E-state index in [2.05, 4.69) is 4.90 Å². The van der Waals surface area contributed by atoms with E-state index in [0.717, 1.165) is 58.7 Å². The predicted molar refractivity (Wildman–Crippen MR) is 91.5 cm³/mol. The molecule has 3 saturated heterocycles. The summed E-state index contributed by atoms with van der Waals surface area (Å²) in [6.07, 6.45) is 4.80. The molecular weight excluding hydrogens is 306 g/mol. The molecule has 3 rings (SSSR count). The number of carbonyl (C=O) groups is 2. The van der Waals surface area contributed by atoms with Gasteiger partial charge in [0.05, 0.1) is 5.92 Å². The van der Waals surface area contributed by atoms with Crippen LogP contribution >= 0.6 is 0 Å². The molecule has 1 spiro atoms. The molecule has 6 heteroatoms. The first-order valence-corrected chi connectivity index (χ1v) is 9.28. The quantitative estimate of drug-likeness (QED) is 0.762. The Morgan fingerprint density at radius 2 is 2.04 bits per heavy atom. The summed E-state index contributed by atoms with van der Waals surface area (Å²) in [6.45, 7) is 5.51. The average Bonchev–Trinajstić information content (AvgIpc) is 2.94. The molecule has 0 aromatic heterocycles. The minimum atomic E-state index is -0.144. The lowest BCUT2D eigenvalue weighted by Crippen LogP contribution is -2.50. The highest BCUT2D eigenvalue weighted by atomic mass is 16.5. The number of piperidine rings is 1. The van der Waals surface area contributed by atoms with Gasteiger partial charge in [-0.15, -0.1) is 0 Å². The molecule has 136 valence electrons. The molecule has 3 aliphatic rings. The van der Waals surface area contributed by atoms with Crippen molar-refractivity contribution in [2.24, 2.45) is 11.3 Å². The third-order valence-corrected chi connectivity index (χ3v) is 5.91. The van der Waals surface area contributed by atoms with E-state index in [0.29, 0.717) is 13.0 Å². The van der Waals surface area contributed by atoms with Gasteiger partial charge >= 0.3 is 0 Å². The van der Waals surface area contributed by atoms with E-state index in [-0.39, 0.29) is 23.1 Å². The molecule has 0 radical (unpaired) electrons. The topological polar surface area (TPSA) is 53.1 Å². The fraction of sp³-hybridized carbons (Fsp3) is 0.889. The Bertz CT molecular complexity index is 469. The second kappa shape index (κ2) is 7.40. The van der Waals surface area contributed by atoms with Crippen LogP contribution in [0.25, 0.3) is 0 Å². The van der Waals surface area contributed by atoms with Crippen LogP contribution in [0, 0.1) is 11.3 Å². The van der Waals surface area contributed by atoms with Gasteiger partial charge in [0.15, 0.2) is 0 Å². The number of carbonyl (C=O) groups excluding carboxylic acids is 2. The molecule has 0 aromatic rings. The molecule has 0 saturated carbocycles. The lowest BCUT2D eigenvalue weighted by molar-refractivity contribution is -0.141. The molecule has 1 unspecified atom stereocenters. The van der Waals surface area contributed by atoms with Crippen LogP contribution in [0.4, 0.5) is 0 Å². The fourth-order valence-electron chi connectivity index (χ4n) is 4.34. The van der Waals surface area contributed by atoms with Crippen molar-refractivity contribution in [2.75, 3.05) is 60.0 Å². The molecule has 0 N–H and O–H groups in total. The maximum Gasteiger partial charge on any atom is 0.228 e. The minimum Gasteiger partial charge on any atom is -0.381 e. The van der Waals surface area contributed by atoms with E-state index in [1.54, 1.807) is 0 Å². The second-order valence-electron chi connectivity index (χ2n) is 8.02. The highest BCUT2D eigenvalue weighted by Crippen LogP contribution is 2.39. The molecule has 3 fully saturated rings. The molecule has 3 aliphatic heterocycles. The van der Waals surface area contributed by atoms with Crippen molar-refractivity contribution < 1.29 is 14.3 Å². The van der Waals surface area contributed by atoms with Gasteiger partial charge in [0.1, 0.15) is 0 Å². The Balaban J connectivity index is 1.57. The summed E-state index contributed by atoms with van der Waals surface area (Å²) in [6, 6.07) is 0. The van der Waals surface area contributed by atoms with Crippen LogP contribution in [0.3, 0.4) is 0 Å². The van der Waals surface area contributed by atoms with Crippen LogP contribution in [0.1, 0.15) is 32.1 Å². The average molecular weight is 337 g/mol. The van der Waals surface area contributed by atoms with Gasteiger partial charge in [0.2, 0.25) is 11.8 Å². The predicted octanol–water partition coefficient (Wildman–Crippen LogP) is 0.816. The number of nitrogens with zero attached hydrogens (tertiary/aromatic N) is 3. The molecule has 3 heterocycles. The summed E-state index contributed by atoms with van der Waals surface area (Å²) in [4.78, 5) is 31.1. The zero-order valence-electron chi connectivity index (χ0n) is 15.1. The lowest BCUT2D eigenvalue weighted by atomic mass is 9.73. The Labute approximate surface area is 145 Å². The van der Waals surface area contributed by atoms with E-state index >= 15 is 0 Å². The molecule has 2 amide bonds. The Morgan fingerprint density at radius 3 is 2.75 bits per heavy atom. The molecule has 0 bridgehead atoms. The van der Waals surface area contributed by atoms with Gasteiger partial charge in [0.25, 0.3) is 0 Å². The van der Waals surface area contributed by atoms with E-state index < -0.39 is 0 Å². The van der Waals surface area contributed by atoms with Gasteiger partial charge in [0, 0.05) is 52.4 Å². The van der Waals surface area contributed by atoms with Gasteiger partial charge in [-0.2, -0.15) is 0 Å². The molecule has 0 aliphatic carbocycles. The Morgan fingerprint density at radius 1 is 1.29 bits per heavy atom. The number of amides is 2. The monoisotopic (exact) mass is 337 g/mol. The largest absolute Gasteiger partial charge is 0.381 e. The zero-order valence-corrected chi connectivity index (χ0v) is 15.1. The number of likely N-dealkylation sites (N-methyl/N-ethyl adjacent to an activating group) is 1. The first-order chi connectivity index (χ1) is 11.5. The van der Waals surface area contributed by atoms with Gasteiger partial charge in [-0.3, -0.25) is 9.59 Å². The van der Waals surface area contributed by atoms with Crippen LogP contribution in [0.5, 0.6) is 0 Å². The van der Waals surface area contributed by atoms with Crippen molar-refractivity contribution in [1.82, 2.24) is 14.7 Å². The number of rotatable bonds is 4. The van der Waals surface area contributed by atoms with E-state index in [1.165, 1.54) is 6.42 Å². The summed E-state index contributed by atoms with van der Waals surface area (Å²) in [5.41, 5.74) is 0.263. The Hall–Kier alpha value is -1.14. The number of hydrogen-bond donors (Lipinski definition) is 0. The Kier molecular flexibility index (Phi) is 5.45. The third-order valence-electron chi connectivity index (χ3n) is 5.91. The van der Waals surface area contributed by atoms with E-state index in [4.69, 9.17) is 4.74 Å². The lowest BCUT2D eigenvalue weighted by Gasteiger charge is -2.45. The van der Waals surface area contributed by atoms with Crippen LogP contribution in [-0.4, -0.2) is 86.5 Å². The van der Waals surface area contributed by atoms with Gasteiger partial charge in [-0.1, -0.05) is 0 Å². The molecular formula is C18H31N3O3. The number of hydrogen-bond acceptors (Lipinski definition) is 4. The van der Waals surface area contributed by atoms with Gasteiger partial charge in [-0.25, -0.2) is 0 Å². The first-order valence-electron chi connectivity index (χ1n) is 9.28. The smallest absolute Gasteiger partial charge is 0.228 e. The maximum atomic E-state index is 13.0. The van der Waals surface area contributed by atoms with Crippen molar-refractivity contribution in [3.05, 3.63) is 0 Å². The normalized spacial score (nSPS) is 27.3. The highest BCUT2D eigenvalue weighted by Gasteiger charge is 2.42. The molecule has 6 nitrogen and oxygen atoms in total. The van der Waals surface area contributed by atoms with Gasteiger partial charge < -0.3 is 19.4 Å². The maximum absolute atomic E-state index is 13.0. The SMILES string of the molecule is CN(C)CCN1CC(C(=O)N2CCCC3(CCOCC3)C2)CC1=O. The second-order valence-corrected chi connectivity index (χ2v) is 8.02. The molecule has 0 aromatic carbocycles. The standard InChI is InChI=1S/C18H31N3O3/c1-19(2)8-9-20-13-15(12-16(20)22)17(23)21-7-3-4-18(14-21)5-10-24-11-6-18/h15H,3-14H2,1-2H3.